The number of H-pyrrole nitrogens is 1. The average molecular weight is 309 g/mol. The number of pyridine rings is 1. The van der Waals surface area contributed by atoms with Crippen LogP contribution in [0.1, 0.15) is 0 Å². The Hall–Kier alpha value is -2.12. The smallest absolute Gasteiger partial charge is 0.262 e. The van der Waals surface area contributed by atoms with Crippen molar-refractivity contribution in [2.75, 3.05) is 4.72 Å². The molecule has 0 unspecified atom stereocenters. The van der Waals surface area contributed by atoms with E-state index in [2.05, 4.69) is 19.9 Å². The van der Waals surface area contributed by atoms with Crippen LogP contribution in [-0.4, -0.2) is 23.6 Å². The number of para-hydroxylation sites is 1. The number of nitrogens with zero attached hydrogens (tertiary/aromatic N) is 2. The molecular weight excluding hydrogens is 300 g/mol. The van der Waals surface area contributed by atoms with E-state index in [1.807, 2.05) is 6.07 Å². The van der Waals surface area contributed by atoms with Crippen molar-refractivity contribution in [1.82, 2.24) is 15.2 Å². The molecule has 0 aliphatic carbocycles. The van der Waals surface area contributed by atoms with Gasteiger partial charge in [-0.3, -0.25) is 9.82 Å². The van der Waals surface area contributed by atoms with Crippen molar-refractivity contribution in [3.63, 3.8) is 0 Å². The fourth-order valence-electron chi connectivity index (χ4n) is 1.81. The minimum absolute atomic E-state index is 0.0500. The van der Waals surface area contributed by atoms with Gasteiger partial charge in [0.1, 0.15) is 5.15 Å². The van der Waals surface area contributed by atoms with Crippen LogP contribution in [0.3, 0.4) is 0 Å². The summed E-state index contributed by atoms with van der Waals surface area (Å²) >= 11 is 5.71. The molecule has 0 atom stereocenters. The lowest BCUT2D eigenvalue weighted by Crippen LogP contribution is -2.13. The van der Waals surface area contributed by atoms with E-state index in [9.17, 15) is 8.42 Å². The molecule has 1 aromatic carbocycles. The van der Waals surface area contributed by atoms with Gasteiger partial charge in [0, 0.05) is 11.6 Å². The van der Waals surface area contributed by atoms with Crippen molar-refractivity contribution in [1.29, 1.82) is 0 Å². The first kappa shape index (κ1) is 12.9. The predicted molar refractivity (Wildman–Crippen MR) is 76.1 cm³/mol. The van der Waals surface area contributed by atoms with E-state index < -0.39 is 10.0 Å². The van der Waals surface area contributed by atoms with Gasteiger partial charge in [-0.05, 0) is 18.2 Å². The van der Waals surface area contributed by atoms with Crippen molar-refractivity contribution < 1.29 is 8.42 Å². The lowest BCUT2D eigenvalue weighted by molar-refractivity contribution is 0.601. The second-order valence-corrected chi connectivity index (χ2v) is 6.13. The molecule has 8 heteroatoms. The van der Waals surface area contributed by atoms with Crippen LogP contribution in [0.4, 0.5) is 5.69 Å². The summed E-state index contributed by atoms with van der Waals surface area (Å²) in [6.45, 7) is 0. The number of anilines is 1. The Morgan fingerprint density at radius 3 is 2.90 bits per heavy atom. The van der Waals surface area contributed by atoms with Gasteiger partial charge < -0.3 is 0 Å². The highest BCUT2D eigenvalue weighted by atomic mass is 35.5. The van der Waals surface area contributed by atoms with Gasteiger partial charge in [0.25, 0.3) is 10.0 Å². The maximum atomic E-state index is 12.3. The van der Waals surface area contributed by atoms with Gasteiger partial charge in [-0.2, -0.15) is 5.10 Å². The van der Waals surface area contributed by atoms with Crippen LogP contribution < -0.4 is 4.72 Å². The molecule has 0 amide bonds. The first-order valence-electron chi connectivity index (χ1n) is 5.63. The zero-order chi connectivity index (χ0) is 14.2. The number of rotatable bonds is 3. The molecule has 0 saturated carbocycles. The Bertz CT molecular complexity index is 876. The number of aromatic amines is 1. The summed E-state index contributed by atoms with van der Waals surface area (Å²) in [6.07, 6.45) is 2.96. The highest BCUT2D eigenvalue weighted by Crippen LogP contribution is 2.24. The summed E-state index contributed by atoms with van der Waals surface area (Å²) in [5.74, 6) is 0. The van der Waals surface area contributed by atoms with Gasteiger partial charge in [0.15, 0.2) is 0 Å². The number of benzene rings is 1. The van der Waals surface area contributed by atoms with Crippen LogP contribution in [0.5, 0.6) is 0 Å². The van der Waals surface area contributed by atoms with Crippen molar-refractivity contribution in [2.24, 2.45) is 0 Å². The number of sulfonamides is 1. The molecule has 2 N–H and O–H groups in total. The number of aromatic nitrogens is 3. The standard InChI is InChI=1S/C12H9ClN4O2S/c13-11-6-9(4-5-14-11)20(18,19)17-10-3-1-2-8-7-15-16-12(8)10/h1-7,17H,(H,15,16). The minimum Gasteiger partial charge on any atom is -0.277 e. The highest BCUT2D eigenvalue weighted by Gasteiger charge is 2.16. The molecule has 3 rings (SSSR count). The normalized spacial score (nSPS) is 11.7. The van der Waals surface area contributed by atoms with Crippen LogP contribution >= 0.6 is 11.6 Å². The largest absolute Gasteiger partial charge is 0.277 e. The first-order valence-corrected chi connectivity index (χ1v) is 7.49. The molecule has 20 heavy (non-hydrogen) atoms. The Morgan fingerprint density at radius 2 is 2.10 bits per heavy atom. The molecule has 0 radical (unpaired) electrons. The zero-order valence-corrected chi connectivity index (χ0v) is 11.6. The minimum atomic E-state index is -3.73. The van der Waals surface area contributed by atoms with Gasteiger partial charge in [-0.25, -0.2) is 13.4 Å². The molecule has 0 aliphatic heterocycles. The third-order valence-electron chi connectivity index (χ3n) is 2.73. The Kier molecular flexibility index (Phi) is 3.07. The number of fused-ring (bicyclic) bond motifs is 1. The van der Waals surface area contributed by atoms with Crippen LogP contribution in [0.25, 0.3) is 10.9 Å². The van der Waals surface area contributed by atoms with Crippen molar-refractivity contribution >= 4 is 38.2 Å². The van der Waals surface area contributed by atoms with Crippen LogP contribution in [0.15, 0.2) is 47.6 Å². The molecule has 0 aliphatic rings. The Labute approximate surface area is 119 Å². The van der Waals surface area contributed by atoms with E-state index in [4.69, 9.17) is 11.6 Å². The number of nitrogens with one attached hydrogen (secondary N) is 2. The topological polar surface area (TPSA) is 87.7 Å². The summed E-state index contributed by atoms with van der Waals surface area (Å²) in [5.41, 5.74) is 1.05. The quantitative estimate of drug-likeness (QED) is 0.727. The lowest BCUT2D eigenvalue weighted by atomic mass is 10.2. The van der Waals surface area contributed by atoms with E-state index in [1.54, 1.807) is 18.3 Å². The lowest BCUT2D eigenvalue weighted by Gasteiger charge is -2.08. The first-order chi connectivity index (χ1) is 9.56. The summed E-state index contributed by atoms with van der Waals surface area (Å²) < 4.78 is 27.1. The van der Waals surface area contributed by atoms with Gasteiger partial charge in [0.05, 0.1) is 22.3 Å². The molecule has 0 saturated heterocycles. The van der Waals surface area contributed by atoms with Crippen LogP contribution in [0, 0.1) is 0 Å². The van der Waals surface area contributed by atoms with Gasteiger partial charge >= 0.3 is 0 Å². The second-order valence-electron chi connectivity index (χ2n) is 4.06. The van der Waals surface area contributed by atoms with Crippen molar-refractivity contribution in [3.8, 4) is 0 Å². The predicted octanol–water partition coefficient (Wildman–Crippen LogP) is 2.41. The summed E-state index contributed by atoms with van der Waals surface area (Å²) in [5, 5.41) is 7.58. The van der Waals surface area contributed by atoms with Crippen LogP contribution in [0.2, 0.25) is 5.15 Å². The Balaban J connectivity index is 2.04. The number of hydrogen-bond donors (Lipinski definition) is 2. The zero-order valence-electron chi connectivity index (χ0n) is 10.0. The average Bonchev–Trinajstić information content (AvgIpc) is 2.88. The molecule has 102 valence electrons. The van der Waals surface area contributed by atoms with E-state index >= 15 is 0 Å². The third kappa shape index (κ3) is 2.33. The van der Waals surface area contributed by atoms with Crippen LogP contribution in [-0.2, 0) is 10.0 Å². The van der Waals surface area contributed by atoms with E-state index in [1.165, 1.54) is 18.3 Å². The van der Waals surface area contributed by atoms with Gasteiger partial charge in [0.2, 0.25) is 0 Å². The fraction of sp³-hybridized carbons (Fsp3) is 0. The maximum Gasteiger partial charge on any atom is 0.262 e. The third-order valence-corrected chi connectivity index (χ3v) is 4.30. The van der Waals surface area contributed by atoms with E-state index in [0.29, 0.717) is 11.2 Å². The molecule has 0 spiro atoms. The highest BCUT2D eigenvalue weighted by molar-refractivity contribution is 7.92. The monoisotopic (exact) mass is 308 g/mol. The van der Waals surface area contributed by atoms with Crippen molar-refractivity contribution in [3.05, 3.63) is 47.9 Å². The number of halogens is 1. The molecule has 0 fully saturated rings. The second kappa shape index (κ2) is 4.77. The number of hydrogen-bond acceptors (Lipinski definition) is 4. The van der Waals surface area contributed by atoms with E-state index in [0.717, 1.165) is 5.39 Å². The maximum absolute atomic E-state index is 12.3. The van der Waals surface area contributed by atoms with E-state index in [-0.39, 0.29) is 10.0 Å². The molecule has 3 aromatic rings. The fourth-order valence-corrected chi connectivity index (χ4v) is 3.13. The Morgan fingerprint density at radius 1 is 1.25 bits per heavy atom. The van der Waals surface area contributed by atoms with Crippen molar-refractivity contribution in [2.45, 2.75) is 4.90 Å². The molecule has 6 nitrogen and oxygen atoms in total. The summed E-state index contributed by atoms with van der Waals surface area (Å²) in [7, 11) is -3.73. The summed E-state index contributed by atoms with van der Waals surface area (Å²) in [6, 6.07) is 7.90. The molecule has 0 bridgehead atoms. The SMILES string of the molecule is O=S(=O)(Nc1cccc2cn[nH]c12)c1ccnc(Cl)c1. The van der Waals surface area contributed by atoms with Gasteiger partial charge in [-0.15, -0.1) is 0 Å². The molecule has 2 heterocycles. The van der Waals surface area contributed by atoms with Gasteiger partial charge in [-0.1, -0.05) is 23.7 Å². The molecular formula is C12H9ClN4O2S. The molecule has 2 aromatic heterocycles. The summed E-state index contributed by atoms with van der Waals surface area (Å²) in [4.78, 5) is 3.81.